The van der Waals surface area contributed by atoms with Gasteiger partial charge in [-0.15, -0.1) is 0 Å². The number of rotatable bonds is 7. The van der Waals surface area contributed by atoms with Crippen LogP contribution >= 0.6 is 0 Å². The molecule has 0 aromatic heterocycles. The summed E-state index contributed by atoms with van der Waals surface area (Å²) in [5.41, 5.74) is 0.875. The molecular formula is C18H18O7. The monoisotopic (exact) mass is 346 g/mol. The molecule has 2 aromatic rings. The molecular weight excluding hydrogens is 328 g/mol. The van der Waals surface area contributed by atoms with E-state index in [-0.39, 0.29) is 29.6 Å². The van der Waals surface area contributed by atoms with Crippen molar-refractivity contribution in [3.8, 4) is 34.5 Å². The fourth-order valence-electron chi connectivity index (χ4n) is 2.26. The Kier molecular flexibility index (Phi) is 5.86. The smallest absolute Gasteiger partial charge is 0.210 e. The Morgan fingerprint density at radius 1 is 1.00 bits per heavy atom. The van der Waals surface area contributed by atoms with Crippen molar-refractivity contribution in [3.05, 3.63) is 41.5 Å². The Morgan fingerprint density at radius 2 is 1.56 bits per heavy atom. The third kappa shape index (κ3) is 4.02. The van der Waals surface area contributed by atoms with Gasteiger partial charge in [0.25, 0.3) is 0 Å². The summed E-state index contributed by atoms with van der Waals surface area (Å²) in [7, 11) is 2.86. The van der Waals surface area contributed by atoms with E-state index in [0.717, 1.165) is 0 Å². The van der Waals surface area contributed by atoms with Crippen LogP contribution < -0.4 is 14.2 Å². The molecule has 0 bridgehead atoms. The van der Waals surface area contributed by atoms with Crippen LogP contribution in [-0.4, -0.2) is 35.8 Å². The number of hydrogen-bond donors (Lipinski definition) is 3. The first kappa shape index (κ1) is 18.2. The minimum absolute atomic E-state index is 0.163. The molecule has 0 atom stereocenters. The molecule has 0 aliphatic heterocycles. The molecule has 2 aromatic carbocycles. The second kappa shape index (κ2) is 8.07. The van der Waals surface area contributed by atoms with Gasteiger partial charge in [0.05, 0.1) is 26.4 Å². The van der Waals surface area contributed by atoms with E-state index in [1.807, 2.05) is 0 Å². The summed E-state index contributed by atoms with van der Waals surface area (Å²) in [6, 6.07) is 5.66. The van der Waals surface area contributed by atoms with Crippen molar-refractivity contribution in [2.45, 2.75) is 6.61 Å². The average Bonchev–Trinajstić information content (AvgIpc) is 2.61. The number of aliphatic hydroxyl groups excluding tert-OH is 1. The van der Waals surface area contributed by atoms with Gasteiger partial charge in [-0.25, -0.2) is 0 Å². The van der Waals surface area contributed by atoms with Crippen LogP contribution in [0.4, 0.5) is 0 Å². The highest BCUT2D eigenvalue weighted by Gasteiger charge is 2.16. The summed E-state index contributed by atoms with van der Waals surface area (Å²) in [6.07, 6.45) is 3.25. The maximum atomic E-state index is 10.4. The van der Waals surface area contributed by atoms with Crippen LogP contribution in [0.2, 0.25) is 0 Å². The molecule has 0 saturated carbocycles. The summed E-state index contributed by atoms with van der Waals surface area (Å²) in [5.74, 6) is 0.115. The molecule has 25 heavy (non-hydrogen) atoms. The normalized spacial score (nSPS) is 10.7. The third-order valence-corrected chi connectivity index (χ3v) is 3.40. The SMILES string of the molecule is COc1cc(Oc2c(O)cc(/C=C/C=O)cc2O)cc(OC)c1CO. The maximum Gasteiger partial charge on any atom is 0.210 e. The van der Waals surface area contributed by atoms with Gasteiger partial charge >= 0.3 is 0 Å². The maximum absolute atomic E-state index is 10.4. The summed E-state index contributed by atoms with van der Waals surface area (Å²) < 4.78 is 15.9. The van der Waals surface area contributed by atoms with Crippen molar-refractivity contribution in [2.24, 2.45) is 0 Å². The predicted octanol–water partition coefficient (Wildman–Crippen LogP) is 2.61. The van der Waals surface area contributed by atoms with E-state index in [1.54, 1.807) is 0 Å². The number of allylic oxidation sites excluding steroid dienone is 1. The second-order valence-electron chi connectivity index (χ2n) is 4.95. The van der Waals surface area contributed by atoms with Crippen molar-refractivity contribution in [1.82, 2.24) is 0 Å². The molecule has 132 valence electrons. The Hall–Kier alpha value is -3.19. The van der Waals surface area contributed by atoms with Crippen LogP contribution in [0.3, 0.4) is 0 Å². The molecule has 0 unspecified atom stereocenters. The number of carbonyl (C=O) groups is 1. The Morgan fingerprint density at radius 3 is 2.00 bits per heavy atom. The molecule has 7 heteroatoms. The highest BCUT2D eigenvalue weighted by atomic mass is 16.5. The highest BCUT2D eigenvalue weighted by molar-refractivity contribution is 5.75. The van der Waals surface area contributed by atoms with E-state index in [1.165, 1.54) is 50.6 Å². The first-order valence-corrected chi connectivity index (χ1v) is 7.25. The van der Waals surface area contributed by atoms with Gasteiger partial charge in [-0.05, 0) is 23.8 Å². The van der Waals surface area contributed by atoms with Crippen molar-refractivity contribution in [2.75, 3.05) is 14.2 Å². The van der Waals surface area contributed by atoms with Crippen molar-refractivity contribution in [1.29, 1.82) is 0 Å². The summed E-state index contributed by atoms with van der Waals surface area (Å²) >= 11 is 0. The molecule has 7 nitrogen and oxygen atoms in total. The quantitative estimate of drug-likeness (QED) is 0.523. The predicted molar refractivity (Wildman–Crippen MR) is 90.4 cm³/mol. The number of aldehydes is 1. The zero-order valence-corrected chi connectivity index (χ0v) is 13.7. The number of aromatic hydroxyl groups is 2. The van der Waals surface area contributed by atoms with E-state index in [2.05, 4.69) is 0 Å². The highest BCUT2D eigenvalue weighted by Crippen LogP contribution is 2.43. The standard InChI is InChI=1S/C18H18O7/c1-23-16-8-12(9-17(24-2)13(16)10-20)25-18-14(21)6-11(4-3-5-19)7-15(18)22/h3-9,20-22H,10H2,1-2H3/b4-3+. The number of methoxy groups -OCH3 is 2. The van der Waals surface area contributed by atoms with Crippen LogP contribution in [-0.2, 0) is 11.4 Å². The minimum atomic E-state index is -0.310. The van der Waals surface area contributed by atoms with Crippen LogP contribution in [0, 0.1) is 0 Å². The van der Waals surface area contributed by atoms with Gasteiger partial charge in [-0.1, -0.05) is 6.08 Å². The molecule has 0 radical (unpaired) electrons. The van der Waals surface area contributed by atoms with Crippen molar-refractivity contribution >= 4 is 12.4 Å². The lowest BCUT2D eigenvalue weighted by molar-refractivity contribution is -0.104. The third-order valence-electron chi connectivity index (χ3n) is 3.40. The largest absolute Gasteiger partial charge is 0.504 e. The van der Waals surface area contributed by atoms with E-state index >= 15 is 0 Å². The molecule has 3 N–H and O–H groups in total. The number of carbonyl (C=O) groups excluding carboxylic acids is 1. The first-order valence-electron chi connectivity index (χ1n) is 7.25. The molecule has 0 heterocycles. The van der Waals surface area contributed by atoms with Gasteiger partial charge in [0.2, 0.25) is 5.75 Å². The van der Waals surface area contributed by atoms with Crippen LogP contribution in [0.5, 0.6) is 34.5 Å². The molecule has 2 rings (SSSR count). The lowest BCUT2D eigenvalue weighted by Gasteiger charge is -2.15. The molecule has 0 aliphatic rings. The zero-order chi connectivity index (χ0) is 18.4. The molecule has 0 aliphatic carbocycles. The van der Waals surface area contributed by atoms with E-state index in [4.69, 9.17) is 14.2 Å². The summed E-state index contributed by atoms with van der Waals surface area (Å²) in [5, 5.41) is 29.6. The summed E-state index contributed by atoms with van der Waals surface area (Å²) in [4.78, 5) is 10.4. The topological polar surface area (TPSA) is 105 Å². The Balaban J connectivity index is 2.42. The van der Waals surface area contributed by atoms with E-state index in [9.17, 15) is 20.1 Å². The van der Waals surface area contributed by atoms with Gasteiger partial charge in [0, 0.05) is 12.1 Å². The number of phenols is 2. The van der Waals surface area contributed by atoms with Crippen molar-refractivity contribution < 1.29 is 34.3 Å². The first-order chi connectivity index (χ1) is 12.0. The molecule has 0 fully saturated rings. The van der Waals surface area contributed by atoms with E-state index in [0.29, 0.717) is 28.9 Å². The van der Waals surface area contributed by atoms with Crippen LogP contribution in [0.25, 0.3) is 6.08 Å². The Bertz CT molecular complexity index is 748. The lowest BCUT2D eigenvalue weighted by atomic mass is 10.1. The van der Waals surface area contributed by atoms with Crippen LogP contribution in [0.1, 0.15) is 11.1 Å². The fourth-order valence-corrected chi connectivity index (χ4v) is 2.26. The second-order valence-corrected chi connectivity index (χ2v) is 4.95. The lowest BCUT2D eigenvalue weighted by Crippen LogP contribution is -1.98. The zero-order valence-electron chi connectivity index (χ0n) is 13.7. The van der Waals surface area contributed by atoms with Crippen molar-refractivity contribution in [3.63, 3.8) is 0 Å². The minimum Gasteiger partial charge on any atom is -0.504 e. The number of benzene rings is 2. The van der Waals surface area contributed by atoms with Gasteiger partial charge < -0.3 is 29.5 Å². The average molecular weight is 346 g/mol. The van der Waals surface area contributed by atoms with Gasteiger partial charge in [-0.3, -0.25) is 4.79 Å². The summed E-state index contributed by atoms with van der Waals surface area (Å²) in [6.45, 7) is -0.291. The number of hydrogen-bond acceptors (Lipinski definition) is 7. The van der Waals surface area contributed by atoms with Gasteiger partial charge in [0.15, 0.2) is 11.5 Å². The number of aliphatic hydroxyl groups is 1. The van der Waals surface area contributed by atoms with E-state index < -0.39 is 0 Å². The number of phenolic OH excluding ortho intramolecular Hbond substituents is 2. The van der Waals surface area contributed by atoms with Gasteiger partial charge in [-0.2, -0.15) is 0 Å². The molecule has 0 spiro atoms. The Labute approximate surface area is 144 Å². The fraction of sp³-hybridized carbons (Fsp3) is 0.167. The van der Waals surface area contributed by atoms with Crippen LogP contribution in [0.15, 0.2) is 30.3 Å². The van der Waals surface area contributed by atoms with Gasteiger partial charge in [0.1, 0.15) is 23.5 Å². The number of ether oxygens (including phenoxy) is 3. The molecule has 0 amide bonds. The molecule has 0 saturated heterocycles.